The molecule has 1 aromatic carbocycles. The molecular weight excluding hydrogens is 180 g/mol. The van der Waals surface area contributed by atoms with Crippen LogP contribution in [0.25, 0.3) is 5.57 Å². The topological polar surface area (TPSA) is 0 Å². The number of benzene rings is 1. The van der Waals surface area contributed by atoms with Crippen molar-refractivity contribution in [1.82, 2.24) is 0 Å². The van der Waals surface area contributed by atoms with Crippen LogP contribution in [-0.4, -0.2) is 0 Å². The van der Waals surface area contributed by atoms with Crippen molar-refractivity contribution in [3.8, 4) is 0 Å². The molecule has 0 nitrogen and oxygen atoms in total. The van der Waals surface area contributed by atoms with Crippen LogP contribution < -0.4 is 0 Å². The highest BCUT2D eigenvalue weighted by molar-refractivity contribution is 5.65. The van der Waals surface area contributed by atoms with Gasteiger partial charge in [0.15, 0.2) is 0 Å². The number of rotatable bonds is 1. The molecule has 1 aliphatic rings. The summed E-state index contributed by atoms with van der Waals surface area (Å²) in [6, 6.07) is 10.9. The van der Waals surface area contributed by atoms with E-state index in [1.807, 2.05) is 0 Å². The highest BCUT2D eigenvalue weighted by Gasteiger charge is 2.03. The third-order valence-corrected chi connectivity index (χ3v) is 3.19. The Labute approximate surface area is 93.0 Å². The molecule has 0 atom stereocenters. The Bertz CT molecular complexity index is 308. The monoisotopic (exact) mass is 200 g/mol. The van der Waals surface area contributed by atoms with Crippen LogP contribution in [-0.2, 0) is 0 Å². The van der Waals surface area contributed by atoms with Gasteiger partial charge in [-0.05, 0) is 36.8 Å². The Morgan fingerprint density at radius 1 is 0.733 bits per heavy atom. The SMILES string of the molecule is C1=C(c2ccccc2)CCCCCCC1. The molecule has 0 aromatic heterocycles. The van der Waals surface area contributed by atoms with E-state index in [1.54, 1.807) is 5.57 Å². The summed E-state index contributed by atoms with van der Waals surface area (Å²) in [5.41, 5.74) is 3.00. The molecule has 0 fully saturated rings. The van der Waals surface area contributed by atoms with E-state index in [2.05, 4.69) is 36.4 Å². The van der Waals surface area contributed by atoms with Crippen LogP contribution in [0.15, 0.2) is 36.4 Å². The molecule has 0 radical (unpaired) electrons. The summed E-state index contributed by atoms with van der Waals surface area (Å²) >= 11 is 0. The van der Waals surface area contributed by atoms with Crippen LogP contribution in [0, 0.1) is 0 Å². The third-order valence-electron chi connectivity index (χ3n) is 3.19. The zero-order valence-corrected chi connectivity index (χ0v) is 9.41. The molecular formula is C15H20. The standard InChI is InChI=1S/C15H20/c1-2-4-7-11-14(10-6-3-1)15-12-8-5-9-13-15/h5,8-10,12-13H,1-4,6-7,11H2. The van der Waals surface area contributed by atoms with Crippen LogP contribution in [0.3, 0.4) is 0 Å². The van der Waals surface area contributed by atoms with E-state index in [0.717, 1.165) is 0 Å². The smallest absolute Gasteiger partial charge is 0.0228 e. The van der Waals surface area contributed by atoms with Crippen molar-refractivity contribution in [3.63, 3.8) is 0 Å². The van der Waals surface area contributed by atoms with Crippen molar-refractivity contribution in [2.45, 2.75) is 44.9 Å². The van der Waals surface area contributed by atoms with Crippen LogP contribution in [0.4, 0.5) is 0 Å². The van der Waals surface area contributed by atoms with Gasteiger partial charge in [-0.15, -0.1) is 0 Å². The molecule has 0 aliphatic heterocycles. The lowest BCUT2D eigenvalue weighted by Crippen LogP contribution is -1.84. The summed E-state index contributed by atoms with van der Waals surface area (Å²) in [6.07, 6.45) is 12.0. The van der Waals surface area contributed by atoms with Gasteiger partial charge >= 0.3 is 0 Å². The molecule has 0 spiro atoms. The minimum absolute atomic E-state index is 1.27. The molecule has 2 rings (SSSR count). The zero-order valence-electron chi connectivity index (χ0n) is 9.41. The Morgan fingerprint density at radius 3 is 2.33 bits per heavy atom. The van der Waals surface area contributed by atoms with Gasteiger partial charge in [-0.1, -0.05) is 55.7 Å². The average molecular weight is 200 g/mol. The molecule has 80 valence electrons. The van der Waals surface area contributed by atoms with Crippen molar-refractivity contribution in [2.75, 3.05) is 0 Å². The average Bonchev–Trinajstić information content (AvgIpc) is 2.43. The number of allylic oxidation sites excluding steroid dienone is 2. The highest BCUT2D eigenvalue weighted by Crippen LogP contribution is 2.24. The lowest BCUT2D eigenvalue weighted by Gasteiger charge is -2.06. The molecule has 0 saturated heterocycles. The van der Waals surface area contributed by atoms with E-state index in [9.17, 15) is 0 Å². The molecule has 0 bridgehead atoms. The number of hydrogen-bond donors (Lipinski definition) is 0. The van der Waals surface area contributed by atoms with Crippen LogP contribution in [0.1, 0.15) is 50.5 Å². The molecule has 1 aliphatic carbocycles. The van der Waals surface area contributed by atoms with Crippen molar-refractivity contribution in [3.05, 3.63) is 42.0 Å². The van der Waals surface area contributed by atoms with Crippen molar-refractivity contribution < 1.29 is 0 Å². The molecule has 1 aromatic rings. The van der Waals surface area contributed by atoms with Crippen molar-refractivity contribution in [1.29, 1.82) is 0 Å². The van der Waals surface area contributed by atoms with Gasteiger partial charge in [-0.25, -0.2) is 0 Å². The van der Waals surface area contributed by atoms with Gasteiger partial charge in [0.05, 0.1) is 0 Å². The predicted octanol–water partition coefficient (Wildman–Crippen LogP) is 4.81. The van der Waals surface area contributed by atoms with Crippen LogP contribution >= 0.6 is 0 Å². The zero-order chi connectivity index (χ0) is 10.3. The molecule has 0 saturated carbocycles. The Kier molecular flexibility index (Phi) is 4.01. The quantitative estimate of drug-likeness (QED) is 0.610. The molecule has 15 heavy (non-hydrogen) atoms. The minimum atomic E-state index is 1.27. The fraction of sp³-hybridized carbons (Fsp3) is 0.467. The fourth-order valence-corrected chi connectivity index (χ4v) is 2.28. The van der Waals surface area contributed by atoms with Crippen LogP contribution in [0.2, 0.25) is 0 Å². The molecule has 0 heterocycles. The summed E-state index contributed by atoms with van der Waals surface area (Å²) in [5.74, 6) is 0. The summed E-state index contributed by atoms with van der Waals surface area (Å²) in [6.45, 7) is 0. The second kappa shape index (κ2) is 5.75. The maximum Gasteiger partial charge on any atom is -0.0228 e. The second-order valence-electron chi connectivity index (χ2n) is 4.40. The largest absolute Gasteiger partial charge is 0.0807 e. The van der Waals surface area contributed by atoms with Crippen LogP contribution in [0.5, 0.6) is 0 Å². The lowest BCUT2D eigenvalue weighted by atomic mass is 9.99. The summed E-state index contributed by atoms with van der Waals surface area (Å²) in [4.78, 5) is 0. The van der Waals surface area contributed by atoms with E-state index in [4.69, 9.17) is 0 Å². The molecule has 0 amide bonds. The Hall–Kier alpha value is -1.04. The summed E-state index contributed by atoms with van der Waals surface area (Å²) in [7, 11) is 0. The first-order valence-corrected chi connectivity index (χ1v) is 6.21. The maximum atomic E-state index is 2.46. The van der Waals surface area contributed by atoms with Gasteiger partial charge in [0.25, 0.3) is 0 Å². The predicted molar refractivity (Wildman–Crippen MR) is 66.7 cm³/mol. The number of hydrogen-bond acceptors (Lipinski definition) is 0. The first-order chi connectivity index (χ1) is 7.47. The third kappa shape index (κ3) is 3.23. The first kappa shape index (κ1) is 10.5. The van der Waals surface area contributed by atoms with Gasteiger partial charge in [0, 0.05) is 0 Å². The van der Waals surface area contributed by atoms with E-state index in [0.29, 0.717) is 0 Å². The normalized spacial score (nSPS) is 18.5. The van der Waals surface area contributed by atoms with Crippen molar-refractivity contribution >= 4 is 5.57 Å². The van der Waals surface area contributed by atoms with Crippen molar-refractivity contribution in [2.24, 2.45) is 0 Å². The van der Waals surface area contributed by atoms with Gasteiger partial charge in [0.1, 0.15) is 0 Å². The van der Waals surface area contributed by atoms with Gasteiger partial charge in [-0.3, -0.25) is 0 Å². The van der Waals surface area contributed by atoms with E-state index < -0.39 is 0 Å². The van der Waals surface area contributed by atoms with Gasteiger partial charge in [0.2, 0.25) is 0 Å². The van der Waals surface area contributed by atoms with E-state index in [1.165, 1.54) is 50.5 Å². The first-order valence-electron chi connectivity index (χ1n) is 6.21. The fourth-order valence-electron chi connectivity index (χ4n) is 2.28. The molecule has 0 unspecified atom stereocenters. The van der Waals surface area contributed by atoms with Gasteiger partial charge < -0.3 is 0 Å². The lowest BCUT2D eigenvalue weighted by molar-refractivity contribution is 0.633. The Balaban J connectivity index is 2.11. The van der Waals surface area contributed by atoms with E-state index >= 15 is 0 Å². The maximum absolute atomic E-state index is 2.46. The summed E-state index contributed by atoms with van der Waals surface area (Å²) in [5, 5.41) is 0. The summed E-state index contributed by atoms with van der Waals surface area (Å²) < 4.78 is 0. The molecule has 0 N–H and O–H groups in total. The highest BCUT2D eigenvalue weighted by atomic mass is 14.1. The molecule has 0 heteroatoms. The van der Waals surface area contributed by atoms with Gasteiger partial charge in [-0.2, -0.15) is 0 Å². The van der Waals surface area contributed by atoms with E-state index in [-0.39, 0.29) is 0 Å². The Morgan fingerprint density at radius 2 is 1.47 bits per heavy atom. The second-order valence-corrected chi connectivity index (χ2v) is 4.40. The minimum Gasteiger partial charge on any atom is -0.0807 e.